The third-order valence-electron chi connectivity index (χ3n) is 6.06. The molecule has 10 heteroatoms. The first-order chi connectivity index (χ1) is 15.9. The standard InChI is InChI=1S/C23H22ClN3O5S/c1-31-20-9-8-17(27-11-2-3-22(27)28)13-21(20)33(29,30)26-12-10-18-19(14-26)25-32-23(18)15-4-6-16(24)7-5-15/h4-9,13H,2-3,10-12,14H2,1H3. The van der Waals surface area contributed by atoms with Gasteiger partial charge in [0.25, 0.3) is 0 Å². The van der Waals surface area contributed by atoms with Gasteiger partial charge in [-0.25, -0.2) is 8.42 Å². The van der Waals surface area contributed by atoms with Crippen LogP contribution in [-0.4, -0.2) is 44.0 Å². The summed E-state index contributed by atoms with van der Waals surface area (Å²) in [5.74, 6) is 0.854. The molecule has 1 amide bonds. The molecule has 33 heavy (non-hydrogen) atoms. The molecule has 0 saturated carbocycles. The minimum atomic E-state index is -3.91. The number of aromatic nitrogens is 1. The van der Waals surface area contributed by atoms with Gasteiger partial charge in [0, 0.05) is 41.3 Å². The summed E-state index contributed by atoms with van der Waals surface area (Å²) in [4.78, 5) is 13.8. The Morgan fingerprint density at radius 3 is 2.58 bits per heavy atom. The van der Waals surface area contributed by atoms with Crippen molar-refractivity contribution in [2.75, 3.05) is 25.1 Å². The Balaban J connectivity index is 1.46. The van der Waals surface area contributed by atoms with Crippen LogP contribution in [0.5, 0.6) is 5.75 Å². The fraction of sp³-hybridized carbons (Fsp3) is 0.304. The smallest absolute Gasteiger partial charge is 0.247 e. The summed E-state index contributed by atoms with van der Waals surface area (Å²) in [6.45, 7) is 0.933. The lowest BCUT2D eigenvalue weighted by atomic mass is 10.0. The molecule has 0 aliphatic carbocycles. The van der Waals surface area contributed by atoms with Crippen LogP contribution in [0.25, 0.3) is 11.3 Å². The summed E-state index contributed by atoms with van der Waals surface area (Å²) >= 11 is 5.98. The van der Waals surface area contributed by atoms with E-state index in [9.17, 15) is 13.2 Å². The van der Waals surface area contributed by atoms with Gasteiger partial charge in [-0.1, -0.05) is 16.8 Å². The number of rotatable bonds is 5. The molecule has 2 aliphatic rings. The van der Waals surface area contributed by atoms with Crippen molar-refractivity contribution < 1.29 is 22.5 Å². The average molecular weight is 488 g/mol. The molecule has 0 spiro atoms. The molecular formula is C23H22ClN3O5S. The Labute approximate surface area is 196 Å². The topological polar surface area (TPSA) is 93.0 Å². The SMILES string of the molecule is COc1ccc(N2CCCC2=O)cc1S(=O)(=O)N1CCc2c(noc2-c2ccc(Cl)cc2)C1. The first kappa shape index (κ1) is 21.9. The zero-order chi connectivity index (χ0) is 23.2. The number of anilines is 1. The molecule has 8 nitrogen and oxygen atoms in total. The highest BCUT2D eigenvalue weighted by atomic mass is 35.5. The number of halogens is 1. The van der Waals surface area contributed by atoms with Gasteiger partial charge in [0.05, 0.1) is 13.7 Å². The van der Waals surface area contributed by atoms with Crippen LogP contribution in [0.1, 0.15) is 24.1 Å². The quantitative estimate of drug-likeness (QED) is 0.542. The second kappa shape index (κ2) is 8.48. The molecule has 5 rings (SSSR count). The normalized spacial score (nSPS) is 16.8. The number of hydrogen-bond donors (Lipinski definition) is 0. The van der Waals surface area contributed by atoms with Gasteiger partial charge in [0.2, 0.25) is 15.9 Å². The van der Waals surface area contributed by atoms with Gasteiger partial charge >= 0.3 is 0 Å². The molecule has 0 radical (unpaired) electrons. The van der Waals surface area contributed by atoms with Gasteiger partial charge < -0.3 is 14.2 Å². The van der Waals surface area contributed by atoms with Crippen LogP contribution < -0.4 is 9.64 Å². The van der Waals surface area contributed by atoms with Crippen LogP contribution in [0.4, 0.5) is 5.69 Å². The molecule has 0 bridgehead atoms. The zero-order valence-corrected chi connectivity index (χ0v) is 19.5. The predicted molar refractivity (Wildman–Crippen MR) is 123 cm³/mol. The van der Waals surface area contributed by atoms with Crippen molar-refractivity contribution in [1.29, 1.82) is 0 Å². The summed E-state index contributed by atoms with van der Waals surface area (Å²) in [6, 6.07) is 12.1. The van der Waals surface area contributed by atoms with Crippen molar-refractivity contribution >= 4 is 33.2 Å². The van der Waals surface area contributed by atoms with Crippen LogP contribution in [0, 0.1) is 0 Å². The third kappa shape index (κ3) is 3.90. The van der Waals surface area contributed by atoms with Gasteiger partial charge in [0.15, 0.2) is 5.76 Å². The summed E-state index contributed by atoms with van der Waals surface area (Å²) in [7, 11) is -2.48. The molecule has 1 saturated heterocycles. The molecule has 1 fully saturated rings. The Hall–Kier alpha value is -2.88. The van der Waals surface area contributed by atoms with Crippen LogP contribution in [0.3, 0.4) is 0 Å². The summed E-state index contributed by atoms with van der Waals surface area (Å²) in [5.41, 5.74) is 2.88. The number of methoxy groups -OCH3 is 1. The highest BCUT2D eigenvalue weighted by Gasteiger charge is 2.35. The highest BCUT2D eigenvalue weighted by molar-refractivity contribution is 7.89. The number of benzene rings is 2. The number of nitrogens with zero attached hydrogens (tertiary/aromatic N) is 3. The molecule has 0 unspecified atom stereocenters. The van der Waals surface area contributed by atoms with Gasteiger partial charge in [-0.15, -0.1) is 0 Å². The highest BCUT2D eigenvalue weighted by Crippen LogP contribution is 2.36. The Kier molecular flexibility index (Phi) is 5.64. The average Bonchev–Trinajstić information content (AvgIpc) is 3.45. The lowest BCUT2D eigenvalue weighted by Crippen LogP contribution is -2.36. The molecule has 0 atom stereocenters. The van der Waals surface area contributed by atoms with Crippen LogP contribution in [0.15, 0.2) is 51.9 Å². The van der Waals surface area contributed by atoms with E-state index in [2.05, 4.69) is 5.16 Å². The van der Waals surface area contributed by atoms with Crippen molar-refractivity contribution in [2.45, 2.75) is 30.7 Å². The predicted octanol–water partition coefficient (Wildman–Crippen LogP) is 3.88. The molecule has 2 aromatic carbocycles. The summed E-state index contributed by atoms with van der Waals surface area (Å²) in [6.07, 6.45) is 1.68. The monoisotopic (exact) mass is 487 g/mol. The van der Waals surface area contributed by atoms with E-state index in [1.54, 1.807) is 29.2 Å². The molecule has 1 aromatic heterocycles. The second-order valence-corrected chi connectivity index (χ2v) is 10.4. The fourth-order valence-corrected chi connectivity index (χ4v) is 6.04. The Morgan fingerprint density at radius 2 is 1.88 bits per heavy atom. The molecule has 0 N–H and O–H groups in total. The van der Waals surface area contributed by atoms with Crippen molar-refractivity contribution in [3.8, 4) is 17.1 Å². The molecule has 172 valence electrons. The Bertz CT molecular complexity index is 1320. The van der Waals surface area contributed by atoms with Crippen molar-refractivity contribution in [3.05, 3.63) is 58.7 Å². The van der Waals surface area contributed by atoms with E-state index < -0.39 is 10.0 Å². The van der Waals surface area contributed by atoms with E-state index in [1.807, 2.05) is 12.1 Å². The maximum Gasteiger partial charge on any atom is 0.247 e. The lowest BCUT2D eigenvalue weighted by Gasteiger charge is -2.27. The van der Waals surface area contributed by atoms with Crippen molar-refractivity contribution in [3.63, 3.8) is 0 Å². The molecular weight excluding hydrogens is 466 g/mol. The number of amides is 1. The minimum absolute atomic E-state index is 0.0107. The maximum absolute atomic E-state index is 13.6. The van der Waals surface area contributed by atoms with Crippen molar-refractivity contribution in [2.24, 2.45) is 0 Å². The third-order valence-corrected chi connectivity index (χ3v) is 8.18. The first-order valence-corrected chi connectivity index (χ1v) is 12.4. The van der Waals surface area contributed by atoms with E-state index >= 15 is 0 Å². The van der Waals surface area contributed by atoms with Crippen LogP contribution in [0.2, 0.25) is 5.02 Å². The van der Waals surface area contributed by atoms with E-state index in [1.165, 1.54) is 17.5 Å². The van der Waals surface area contributed by atoms with E-state index in [0.717, 1.165) is 17.5 Å². The fourth-order valence-electron chi connectivity index (χ4n) is 4.34. The lowest BCUT2D eigenvalue weighted by molar-refractivity contribution is -0.117. The van der Waals surface area contributed by atoms with Crippen molar-refractivity contribution in [1.82, 2.24) is 9.46 Å². The number of ether oxygens (including phenoxy) is 1. The van der Waals surface area contributed by atoms with E-state index in [-0.39, 0.29) is 29.6 Å². The van der Waals surface area contributed by atoms with E-state index in [4.69, 9.17) is 20.9 Å². The minimum Gasteiger partial charge on any atom is -0.495 e. The zero-order valence-electron chi connectivity index (χ0n) is 18.0. The van der Waals surface area contributed by atoms with Crippen LogP contribution in [-0.2, 0) is 27.8 Å². The number of carbonyl (C=O) groups is 1. The number of hydrogen-bond acceptors (Lipinski definition) is 6. The molecule has 3 aromatic rings. The van der Waals surface area contributed by atoms with Gasteiger partial charge in [-0.3, -0.25) is 4.79 Å². The number of fused-ring (bicyclic) bond motifs is 1. The summed E-state index contributed by atoms with van der Waals surface area (Å²) in [5, 5.41) is 4.77. The van der Waals surface area contributed by atoms with Gasteiger partial charge in [0.1, 0.15) is 16.3 Å². The van der Waals surface area contributed by atoms with Crippen LogP contribution >= 0.6 is 11.6 Å². The number of sulfonamides is 1. The summed E-state index contributed by atoms with van der Waals surface area (Å²) < 4.78 is 39.5. The van der Waals surface area contributed by atoms with E-state index in [0.29, 0.717) is 41.6 Å². The molecule has 3 heterocycles. The maximum atomic E-state index is 13.6. The van der Waals surface area contributed by atoms with Gasteiger partial charge in [-0.2, -0.15) is 4.31 Å². The van der Waals surface area contributed by atoms with Gasteiger partial charge in [-0.05, 0) is 55.3 Å². The molecule has 2 aliphatic heterocycles. The Morgan fingerprint density at radius 1 is 1.09 bits per heavy atom. The first-order valence-electron chi connectivity index (χ1n) is 10.6. The largest absolute Gasteiger partial charge is 0.495 e. The number of carbonyl (C=O) groups excluding carboxylic acids is 1. The second-order valence-electron chi connectivity index (χ2n) is 8.02.